The van der Waals surface area contributed by atoms with Crippen LogP contribution in [0, 0.1) is 5.92 Å². The van der Waals surface area contributed by atoms with E-state index in [1.54, 1.807) is 22.7 Å². The maximum atomic E-state index is 12.6. The van der Waals surface area contributed by atoms with Gasteiger partial charge < -0.3 is 9.80 Å². The monoisotopic (exact) mass is 362 g/mol. The Morgan fingerprint density at radius 3 is 2.58 bits per heavy atom. The summed E-state index contributed by atoms with van der Waals surface area (Å²) < 4.78 is 0. The molecule has 24 heavy (non-hydrogen) atoms. The summed E-state index contributed by atoms with van der Waals surface area (Å²) in [5.74, 6) is 0.656. The summed E-state index contributed by atoms with van der Waals surface area (Å²) in [6.45, 7) is 3.33. The molecule has 1 aliphatic heterocycles. The highest BCUT2D eigenvalue weighted by atomic mass is 32.1. The predicted octanol–water partition coefficient (Wildman–Crippen LogP) is 3.50. The first-order valence-electron chi connectivity index (χ1n) is 8.72. The Bertz CT molecular complexity index is 671. The molecular weight excluding hydrogens is 340 g/mol. The van der Waals surface area contributed by atoms with Crippen molar-refractivity contribution in [3.63, 3.8) is 0 Å². The molecule has 128 valence electrons. The second kappa shape index (κ2) is 7.19. The molecule has 0 spiro atoms. The van der Waals surface area contributed by atoms with Crippen molar-refractivity contribution in [2.24, 2.45) is 5.92 Å². The number of carbonyl (C=O) groups excluding carboxylic acids is 1. The lowest BCUT2D eigenvalue weighted by Gasteiger charge is -2.36. The Morgan fingerprint density at radius 1 is 1.08 bits per heavy atom. The molecule has 2 aromatic heterocycles. The Labute approximate surface area is 150 Å². The molecule has 0 radical (unpaired) electrons. The molecule has 2 aliphatic rings. The fraction of sp³-hybridized carbons (Fsp3) is 0.588. The number of aromatic nitrogens is 2. The van der Waals surface area contributed by atoms with E-state index in [0.717, 1.165) is 49.2 Å². The van der Waals surface area contributed by atoms with Crippen molar-refractivity contribution in [2.45, 2.75) is 32.1 Å². The number of amides is 1. The third-order valence-electron chi connectivity index (χ3n) is 4.96. The number of nitrogens with zero attached hydrogens (tertiary/aromatic N) is 4. The van der Waals surface area contributed by atoms with Crippen LogP contribution in [0.2, 0.25) is 0 Å². The van der Waals surface area contributed by atoms with Crippen LogP contribution in [0.5, 0.6) is 0 Å². The van der Waals surface area contributed by atoms with Crippen LogP contribution in [0.1, 0.15) is 32.1 Å². The van der Waals surface area contributed by atoms with Gasteiger partial charge in [-0.1, -0.05) is 36.7 Å². The number of piperazine rings is 1. The van der Waals surface area contributed by atoms with Crippen molar-refractivity contribution in [1.29, 1.82) is 0 Å². The minimum absolute atomic E-state index is 0.275. The minimum atomic E-state index is 0.275. The Kier molecular flexibility index (Phi) is 4.80. The highest BCUT2D eigenvalue weighted by Gasteiger charge is 2.29. The van der Waals surface area contributed by atoms with E-state index in [1.807, 2.05) is 6.07 Å². The number of hydrogen-bond acceptors (Lipinski definition) is 6. The Hall–Kier alpha value is -1.47. The minimum Gasteiger partial charge on any atom is -0.343 e. The second-order valence-corrected chi connectivity index (χ2v) is 8.42. The van der Waals surface area contributed by atoms with E-state index < -0.39 is 0 Å². The molecule has 4 rings (SSSR count). The first-order valence-corrected chi connectivity index (χ1v) is 10.4. The van der Waals surface area contributed by atoms with E-state index in [1.165, 1.54) is 24.1 Å². The highest BCUT2D eigenvalue weighted by molar-refractivity contribution is 7.22. The molecule has 0 atom stereocenters. The van der Waals surface area contributed by atoms with E-state index in [9.17, 15) is 4.79 Å². The van der Waals surface area contributed by atoms with Gasteiger partial charge in [0.25, 0.3) is 0 Å². The molecule has 0 N–H and O–H groups in total. The average Bonchev–Trinajstić information content (AvgIpc) is 3.33. The fourth-order valence-electron chi connectivity index (χ4n) is 3.57. The second-order valence-electron chi connectivity index (χ2n) is 6.51. The summed E-state index contributed by atoms with van der Waals surface area (Å²) in [4.78, 5) is 18.1. The maximum Gasteiger partial charge on any atom is 0.225 e. The molecular formula is C17H22N4OS2. The lowest BCUT2D eigenvalue weighted by atomic mass is 9.88. The van der Waals surface area contributed by atoms with Gasteiger partial charge in [-0.2, -0.15) is 0 Å². The summed E-state index contributed by atoms with van der Waals surface area (Å²) in [5.41, 5.74) is 0. The van der Waals surface area contributed by atoms with Crippen LogP contribution < -0.4 is 4.90 Å². The third kappa shape index (κ3) is 3.32. The molecule has 5 nitrogen and oxygen atoms in total. The lowest BCUT2D eigenvalue weighted by Crippen LogP contribution is -2.50. The van der Waals surface area contributed by atoms with Crippen molar-refractivity contribution in [1.82, 2.24) is 15.1 Å². The van der Waals surface area contributed by atoms with Gasteiger partial charge >= 0.3 is 0 Å². The molecule has 0 aromatic carbocycles. The van der Waals surface area contributed by atoms with Crippen LogP contribution in [-0.4, -0.2) is 47.2 Å². The van der Waals surface area contributed by atoms with E-state index in [2.05, 4.69) is 31.4 Å². The van der Waals surface area contributed by atoms with Gasteiger partial charge in [-0.3, -0.25) is 4.79 Å². The molecule has 0 bridgehead atoms. The molecule has 0 unspecified atom stereocenters. The Morgan fingerprint density at radius 2 is 1.88 bits per heavy atom. The van der Waals surface area contributed by atoms with Gasteiger partial charge in [0.2, 0.25) is 11.0 Å². The van der Waals surface area contributed by atoms with Crippen LogP contribution in [-0.2, 0) is 4.79 Å². The first kappa shape index (κ1) is 16.0. The summed E-state index contributed by atoms with van der Waals surface area (Å²) in [5, 5.41) is 12.7. The van der Waals surface area contributed by atoms with Gasteiger partial charge in [-0.15, -0.1) is 21.5 Å². The zero-order chi connectivity index (χ0) is 16.4. The smallest absolute Gasteiger partial charge is 0.225 e. The number of anilines is 1. The molecule has 2 aromatic rings. The summed E-state index contributed by atoms with van der Waals surface area (Å²) >= 11 is 3.34. The topological polar surface area (TPSA) is 49.3 Å². The normalized spacial score (nSPS) is 19.7. The zero-order valence-corrected chi connectivity index (χ0v) is 15.3. The quantitative estimate of drug-likeness (QED) is 0.838. The van der Waals surface area contributed by atoms with Crippen molar-refractivity contribution in [3.05, 3.63) is 17.5 Å². The van der Waals surface area contributed by atoms with E-state index >= 15 is 0 Å². The van der Waals surface area contributed by atoms with Crippen molar-refractivity contribution >= 4 is 33.7 Å². The van der Waals surface area contributed by atoms with Crippen LogP contribution in [0.4, 0.5) is 5.13 Å². The van der Waals surface area contributed by atoms with E-state index in [-0.39, 0.29) is 5.92 Å². The molecule has 7 heteroatoms. The summed E-state index contributed by atoms with van der Waals surface area (Å²) in [6, 6.07) is 4.12. The molecule has 1 aliphatic carbocycles. The average molecular weight is 363 g/mol. The van der Waals surface area contributed by atoms with E-state index in [4.69, 9.17) is 0 Å². The predicted molar refractivity (Wildman–Crippen MR) is 98.6 cm³/mol. The largest absolute Gasteiger partial charge is 0.343 e. The fourth-order valence-corrected chi connectivity index (χ4v) is 5.26. The summed E-state index contributed by atoms with van der Waals surface area (Å²) in [7, 11) is 0. The Balaban J connectivity index is 1.35. The molecule has 1 amide bonds. The van der Waals surface area contributed by atoms with E-state index in [0.29, 0.717) is 5.91 Å². The number of carbonyl (C=O) groups is 1. The van der Waals surface area contributed by atoms with Crippen molar-refractivity contribution in [3.8, 4) is 9.88 Å². The molecule has 1 saturated heterocycles. The van der Waals surface area contributed by atoms with Crippen LogP contribution >= 0.6 is 22.7 Å². The number of hydrogen-bond donors (Lipinski definition) is 0. The van der Waals surface area contributed by atoms with Gasteiger partial charge in [-0.05, 0) is 24.3 Å². The zero-order valence-electron chi connectivity index (χ0n) is 13.7. The third-order valence-corrected chi connectivity index (χ3v) is 6.99. The van der Waals surface area contributed by atoms with Crippen LogP contribution in [0.15, 0.2) is 17.5 Å². The molecule has 3 heterocycles. The van der Waals surface area contributed by atoms with Gasteiger partial charge in [0.1, 0.15) is 0 Å². The van der Waals surface area contributed by atoms with Crippen LogP contribution in [0.25, 0.3) is 9.88 Å². The molecule has 1 saturated carbocycles. The van der Waals surface area contributed by atoms with Crippen LogP contribution in [0.3, 0.4) is 0 Å². The van der Waals surface area contributed by atoms with Crippen molar-refractivity contribution < 1.29 is 4.79 Å². The number of thiophene rings is 1. The SMILES string of the molecule is O=C(C1CCCCC1)N1CCN(c2nnc(-c3cccs3)s2)CC1. The lowest BCUT2D eigenvalue weighted by molar-refractivity contribution is -0.136. The summed E-state index contributed by atoms with van der Waals surface area (Å²) in [6.07, 6.45) is 5.89. The standard InChI is InChI=1S/C17H22N4OS2/c22-16(13-5-2-1-3-6-13)20-8-10-21(11-9-20)17-19-18-15(24-17)14-7-4-12-23-14/h4,7,12-13H,1-3,5-6,8-11H2. The maximum absolute atomic E-state index is 12.6. The number of rotatable bonds is 3. The highest BCUT2D eigenvalue weighted by Crippen LogP contribution is 2.32. The molecule has 2 fully saturated rings. The first-order chi connectivity index (χ1) is 11.8. The van der Waals surface area contributed by atoms with Gasteiger partial charge in [0.15, 0.2) is 5.01 Å². The van der Waals surface area contributed by atoms with Gasteiger partial charge in [0, 0.05) is 32.1 Å². The van der Waals surface area contributed by atoms with Gasteiger partial charge in [-0.25, -0.2) is 0 Å². The van der Waals surface area contributed by atoms with Crippen molar-refractivity contribution in [2.75, 3.05) is 31.1 Å². The van der Waals surface area contributed by atoms with Gasteiger partial charge in [0.05, 0.1) is 4.88 Å².